The number of ether oxygens (including phenoxy) is 1. The van der Waals surface area contributed by atoms with Crippen molar-refractivity contribution in [2.24, 2.45) is 0 Å². The van der Waals surface area contributed by atoms with Gasteiger partial charge >= 0.3 is 0 Å². The number of hydrogen-bond donors (Lipinski definition) is 0. The Hall–Kier alpha value is -0.480. The summed E-state index contributed by atoms with van der Waals surface area (Å²) in [4.78, 5) is 4.76. The number of para-hydroxylation sites is 1. The molecular formula is C14H20Cl2N2O. The lowest BCUT2D eigenvalue weighted by molar-refractivity contribution is 0.112. The molecule has 5 heteroatoms. The number of hydrogen-bond acceptors (Lipinski definition) is 3. The predicted molar refractivity (Wildman–Crippen MR) is 81.6 cm³/mol. The summed E-state index contributed by atoms with van der Waals surface area (Å²) in [6.45, 7) is 6.51. The molecule has 0 radical (unpaired) electrons. The molecule has 0 spiro atoms. The molecule has 19 heavy (non-hydrogen) atoms. The van der Waals surface area contributed by atoms with Gasteiger partial charge in [-0.05, 0) is 12.1 Å². The van der Waals surface area contributed by atoms with E-state index in [1.54, 1.807) is 0 Å². The van der Waals surface area contributed by atoms with E-state index in [4.69, 9.17) is 27.9 Å². The van der Waals surface area contributed by atoms with Gasteiger partial charge in [-0.25, -0.2) is 0 Å². The van der Waals surface area contributed by atoms with Crippen LogP contribution >= 0.6 is 23.2 Å². The molecule has 0 N–H and O–H groups in total. The third-order valence-electron chi connectivity index (χ3n) is 3.34. The monoisotopic (exact) mass is 302 g/mol. The fourth-order valence-corrected chi connectivity index (χ4v) is 2.64. The van der Waals surface area contributed by atoms with Crippen molar-refractivity contribution in [3.8, 4) is 0 Å². The minimum absolute atomic E-state index is 0.570. The maximum Gasteiger partial charge on any atom is 0.0639 e. The molecule has 1 heterocycles. The third-order valence-corrected chi connectivity index (χ3v) is 3.81. The number of rotatable bonds is 6. The topological polar surface area (TPSA) is 15.7 Å². The van der Waals surface area contributed by atoms with E-state index in [1.165, 1.54) is 0 Å². The van der Waals surface area contributed by atoms with Crippen LogP contribution in [0.1, 0.15) is 0 Å². The molecule has 0 atom stereocenters. The van der Waals surface area contributed by atoms with E-state index in [1.807, 2.05) is 18.2 Å². The van der Waals surface area contributed by atoms with Gasteiger partial charge in [-0.2, -0.15) is 0 Å². The Morgan fingerprint density at radius 3 is 2.47 bits per heavy atom. The summed E-state index contributed by atoms with van der Waals surface area (Å²) in [5.74, 6) is 0.570. The van der Waals surface area contributed by atoms with Crippen LogP contribution in [0.3, 0.4) is 0 Å². The SMILES string of the molecule is ClCCOCCN1CCN(c2ccccc2Cl)CC1. The van der Waals surface area contributed by atoms with E-state index in [-0.39, 0.29) is 0 Å². The standard InChI is InChI=1S/C14H20Cl2N2O/c15-5-11-19-12-10-17-6-8-18(9-7-17)14-4-2-1-3-13(14)16/h1-4H,5-12H2. The highest BCUT2D eigenvalue weighted by molar-refractivity contribution is 6.33. The number of anilines is 1. The Balaban J connectivity index is 1.75. The minimum atomic E-state index is 0.570. The van der Waals surface area contributed by atoms with E-state index < -0.39 is 0 Å². The Morgan fingerprint density at radius 1 is 1.05 bits per heavy atom. The fraction of sp³-hybridized carbons (Fsp3) is 0.571. The van der Waals surface area contributed by atoms with E-state index >= 15 is 0 Å². The molecule has 0 amide bonds. The average Bonchev–Trinajstić information content (AvgIpc) is 2.45. The first-order chi connectivity index (χ1) is 9.31. The lowest BCUT2D eigenvalue weighted by Crippen LogP contribution is -2.47. The summed E-state index contributed by atoms with van der Waals surface area (Å²) in [6, 6.07) is 8.04. The van der Waals surface area contributed by atoms with Crippen molar-refractivity contribution < 1.29 is 4.74 Å². The van der Waals surface area contributed by atoms with Gasteiger partial charge in [-0.3, -0.25) is 4.90 Å². The Morgan fingerprint density at radius 2 is 1.79 bits per heavy atom. The largest absolute Gasteiger partial charge is 0.379 e. The first-order valence-electron chi connectivity index (χ1n) is 6.67. The van der Waals surface area contributed by atoms with E-state index in [0.717, 1.165) is 50.0 Å². The first kappa shape index (κ1) is 14.9. The zero-order valence-electron chi connectivity index (χ0n) is 11.0. The molecule has 106 valence electrons. The Labute approximate surface area is 125 Å². The number of alkyl halides is 1. The third kappa shape index (κ3) is 4.53. The molecule has 0 unspecified atom stereocenters. The summed E-state index contributed by atoms with van der Waals surface area (Å²) >= 11 is 11.8. The lowest BCUT2D eigenvalue weighted by atomic mass is 10.2. The Bertz CT molecular complexity index is 381. The molecule has 0 aliphatic carbocycles. The van der Waals surface area contributed by atoms with Gasteiger partial charge in [-0.15, -0.1) is 11.6 Å². The van der Waals surface area contributed by atoms with Crippen LogP contribution in [0.4, 0.5) is 5.69 Å². The van der Waals surface area contributed by atoms with Crippen LogP contribution in [0, 0.1) is 0 Å². The van der Waals surface area contributed by atoms with Gasteiger partial charge in [-0.1, -0.05) is 23.7 Å². The van der Waals surface area contributed by atoms with Crippen LogP contribution in [0.15, 0.2) is 24.3 Å². The van der Waals surface area contributed by atoms with Crippen LogP contribution in [-0.2, 0) is 4.74 Å². The van der Waals surface area contributed by atoms with Gasteiger partial charge in [0.2, 0.25) is 0 Å². The zero-order chi connectivity index (χ0) is 13.5. The summed E-state index contributed by atoms with van der Waals surface area (Å²) in [5.41, 5.74) is 1.14. The highest BCUT2D eigenvalue weighted by atomic mass is 35.5. The van der Waals surface area contributed by atoms with Crippen molar-refractivity contribution >= 4 is 28.9 Å². The highest BCUT2D eigenvalue weighted by Crippen LogP contribution is 2.25. The minimum Gasteiger partial charge on any atom is -0.379 e. The predicted octanol–water partition coefficient (Wildman–Crippen LogP) is 2.72. The number of nitrogens with zero attached hydrogens (tertiary/aromatic N) is 2. The molecule has 1 fully saturated rings. The summed E-state index contributed by atoms with van der Waals surface area (Å²) < 4.78 is 5.41. The van der Waals surface area contributed by atoms with Gasteiger partial charge in [0.25, 0.3) is 0 Å². The normalized spacial score (nSPS) is 16.8. The van der Waals surface area contributed by atoms with Crippen LogP contribution < -0.4 is 4.90 Å². The quantitative estimate of drug-likeness (QED) is 0.594. The van der Waals surface area contributed by atoms with E-state index in [2.05, 4.69) is 15.9 Å². The molecule has 0 saturated carbocycles. The second kappa shape index (κ2) is 7.95. The smallest absolute Gasteiger partial charge is 0.0639 e. The maximum atomic E-state index is 6.22. The number of benzene rings is 1. The molecule has 1 aliphatic heterocycles. The van der Waals surface area contributed by atoms with Crippen molar-refractivity contribution in [2.75, 3.05) is 56.7 Å². The van der Waals surface area contributed by atoms with Gasteiger partial charge in [0.15, 0.2) is 0 Å². The summed E-state index contributed by atoms with van der Waals surface area (Å²) in [7, 11) is 0. The Kier molecular flexibility index (Phi) is 6.24. The van der Waals surface area contributed by atoms with Gasteiger partial charge < -0.3 is 9.64 Å². The maximum absolute atomic E-state index is 6.22. The van der Waals surface area contributed by atoms with Gasteiger partial charge in [0, 0.05) is 38.6 Å². The van der Waals surface area contributed by atoms with Crippen molar-refractivity contribution in [1.82, 2.24) is 4.90 Å². The lowest BCUT2D eigenvalue weighted by Gasteiger charge is -2.36. The second-order valence-electron chi connectivity index (χ2n) is 4.58. The van der Waals surface area contributed by atoms with Crippen molar-refractivity contribution in [3.05, 3.63) is 29.3 Å². The summed E-state index contributed by atoms with van der Waals surface area (Å²) in [6.07, 6.45) is 0. The number of piperazine rings is 1. The molecule has 1 aromatic rings. The van der Waals surface area contributed by atoms with Crippen molar-refractivity contribution in [3.63, 3.8) is 0 Å². The molecule has 1 aromatic carbocycles. The van der Waals surface area contributed by atoms with Crippen LogP contribution in [0.25, 0.3) is 0 Å². The van der Waals surface area contributed by atoms with Gasteiger partial charge in [0.1, 0.15) is 0 Å². The molecule has 1 saturated heterocycles. The highest BCUT2D eigenvalue weighted by Gasteiger charge is 2.18. The molecule has 3 nitrogen and oxygen atoms in total. The summed E-state index contributed by atoms with van der Waals surface area (Å²) in [5, 5.41) is 0.835. The van der Waals surface area contributed by atoms with E-state index in [9.17, 15) is 0 Å². The second-order valence-corrected chi connectivity index (χ2v) is 5.37. The van der Waals surface area contributed by atoms with E-state index in [0.29, 0.717) is 12.5 Å². The zero-order valence-corrected chi connectivity index (χ0v) is 12.5. The number of halogens is 2. The fourth-order valence-electron chi connectivity index (χ4n) is 2.27. The van der Waals surface area contributed by atoms with Gasteiger partial charge in [0.05, 0.1) is 23.9 Å². The molecule has 0 bridgehead atoms. The van der Waals surface area contributed by atoms with Crippen molar-refractivity contribution in [2.45, 2.75) is 0 Å². The molecule has 0 aromatic heterocycles. The van der Waals surface area contributed by atoms with Crippen LogP contribution in [-0.4, -0.2) is 56.7 Å². The van der Waals surface area contributed by atoms with Crippen LogP contribution in [0.5, 0.6) is 0 Å². The average molecular weight is 303 g/mol. The molecule has 1 aliphatic rings. The molecule has 2 rings (SSSR count). The molecular weight excluding hydrogens is 283 g/mol. The van der Waals surface area contributed by atoms with Crippen molar-refractivity contribution in [1.29, 1.82) is 0 Å². The van der Waals surface area contributed by atoms with Crippen LogP contribution in [0.2, 0.25) is 5.02 Å². The first-order valence-corrected chi connectivity index (χ1v) is 7.58.